The molecule has 1 atom stereocenters. The van der Waals surface area contributed by atoms with E-state index in [0.29, 0.717) is 38.2 Å². The summed E-state index contributed by atoms with van der Waals surface area (Å²) in [4.78, 5) is 25.2. The van der Waals surface area contributed by atoms with Crippen molar-refractivity contribution in [3.63, 3.8) is 0 Å². The molecule has 0 saturated carbocycles. The Morgan fingerprint density at radius 3 is 2.88 bits per heavy atom. The standard InChI is InChI=1S/C11H17N3O3/c1-8-7-14(5-6-17-8)11(16)9-3-4-10(15)13(2)12-9/h8H,3-7H2,1-2H3. The Hall–Kier alpha value is -1.43. The average Bonchev–Trinajstić information content (AvgIpc) is 2.32. The Morgan fingerprint density at radius 2 is 2.24 bits per heavy atom. The van der Waals surface area contributed by atoms with Crippen molar-refractivity contribution in [1.82, 2.24) is 9.91 Å². The zero-order chi connectivity index (χ0) is 12.4. The number of amides is 2. The summed E-state index contributed by atoms with van der Waals surface area (Å²) in [6.07, 6.45) is 0.866. The van der Waals surface area contributed by atoms with Gasteiger partial charge in [-0.25, -0.2) is 5.01 Å². The molecule has 0 radical (unpaired) electrons. The molecule has 6 nitrogen and oxygen atoms in total. The molecule has 1 fully saturated rings. The molecule has 1 unspecified atom stereocenters. The summed E-state index contributed by atoms with van der Waals surface area (Å²) in [7, 11) is 1.58. The van der Waals surface area contributed by atoms with Crippen molar-refractivity contribution >= 4 is 17.5 Å². The van der Waals surface area contributed by atoms with Crippen molar-refractivity contribution in [1.29, 1.82) is 0 Å². The van der Waals surface area contributed by atoms with Crippen LogP contribution in [0.1, 0.15) is 19.8 Å². The van der Waals surface area contributed by atoms with E-state index in [9.17, 15) is 9.59 Å². The van der Waals surface area contributed by atoms with Crippen LogP contribution < -0.4 is 0 Å². The Bertz CT molecular complexity index is 367. The molecule has 0 spiro atoms. The predicted molar refractivity (Wildman–Crippen MR) is 61.4 cm³/mol. The van der Waals surface area contributed by atoms with Crippen LogP contribution in [0.3, 0.4) is 0 Å². The minimum absolute atomic E-state index is 0.0445. The van der Waals surface area contributed by atoms with Crippen LogP contribution in [0.15, 0.2) is 5.10 Å². The monoisotopic (exact) mass is 239 g/mol. The zero-order valence-corrected chi connectivity index (χ0v) is 10.2. The molecule has 17 heavy (non-hydrogen) atoms. The lowest BCUT2D eigenvalue weighted by Crippen LogP contribution is -2.48. The molecule has 2 heterocycles. The van der Waals surface area contributed by atoms with Crippen LogP contribution in [-0.2, 0) is 14.3 Å². The molecule has 0 aliphatic carbocycles. The summed E-state index contributed by atoms with van der Waals surface area (Å²) in [5.74, 6) is -0.114. The number of ether oxygens (including phenoxy) is 1. The molecular formula is C11H17N3O3. The summed E-state index contributed by atoms with van der Waals surface area (Å²) >= 11 is 0. The molecule has 0 bridgehead atoms. The molecule has 0 aromatic rings. The minimum atomic E-state index is -0.0699. The maximum absolute atomic E-state index is 12.2. The van der Waals surface area contributed by atoms with Gasteiger partial charge in [0.15, 0.2) is 0 Å². The second kappa shape index (κ2) is 4.83. The van der Waals surface area contributed by atoms with E-state index in [0.717, 1.165) is 0 Å². The number of morpholine rings is 1. The van der Waals surface area contributed by atoms with Gasteiger partial charge in [0.2, 0.25) is 5.91 Å². The Morgan fingerprint density at radius 1 is 1.47 bits per heavy atom. The highest BCUT2D eigenvalue weighted by molar-refractivity contribution is 6.39. The SMILES string of the molecule is CC1CN(C(=O)C2=NN(C)C(=O)CC2)CCO1. The fourth-order valence-corrected chi connectivity index (χ4v) is 2.01. The van der Waals surface area contributed by atoms with E-state index in [1.807, 2.05) is 6.92 Å². The number of hydrogen-bond donors (Lipinski definition) is 0. The lowest BCUT2D eigenvalue weighted by Gasteiger charge is -2.32. The van der Waals surface area contributed by atoms with E-state index in [1.54, 1.807) is 11.9 Å². The molecular weight excluding hydrogens is 222 g/mol. The highest BCUT2D eigenvalue weighted by atomic mass is 16.5. The number of hydrogen-bond acceptors (Lipinski definition) is 4. The third-order valence-corrected chi connectivity index (χ3v) is 2.98. The van der Waals surface area contributed by atoms with Gasteiger partial charge in [-0.15, -0.1) is 0 Å². The van der Waals surface area contributed by atoms with Gasteiger partial charge in [-0.2, -0.15) is 5.10 Å². The summed E-state index contributed by atoms with van der Waals surface area (Å²) in [6.45, 7) is 3.70. The quantitative estimate of drug-likeness (QED) is 0.639. The summed E-state index contributed by atoms with van der Waals surface area (Å²) in [5, 5.41) is 5.28. The first kappa shape index (κ1) is 12.0. The van der Waals surface area contributed by atoms with Crippen LogP contribution in [0.2, 0.25) is 0 Å². The van der Waals surface area contributed by atoms with E-state index in [2.05, 4.69) is 5.10 Å². The van der Waals surface area contributed by atoms with Crippen molar-refractivity contribution in [2.45, 2.75) is 25.9 Å². The first-order valence-electron chi connectivity index (χ1n) is 5.83. The van der Waals surface area contributed by atoms with Crippen molar-refractivity contribution in [2.75, 3.05) is 26.7 Å². The normalized spacial score (nSPS) is 25.9. The van der Waals surface area contributed by atoms with Crippen LogP contribution in [-0.4, -0.2) is 60.3 Å². The number of nitrogens with zero attached hydrogens (tertiary/aromatic N) is 3. The maximum atomic E-state index is 12.2. The lowest BCUT2D eigenvalue weighted by molar-refractivity contribution is -0.132. The highest BCUT2D eigenvalue weighted by Gasteiger charge is 2.28. The minimum Gasteiger partial charge on any atom is -0.375 e. The van der Waals surface area contributed by atoms with E-state index in [1.165, 1.54) is 5.01 Å². The number of carbonyl (C=O) groups excluding carboxylic acids is 2. The molecule has 2 amide bonds. The summed E-state index contributed by atoms with van der Waals surface area (Å²) in [6, 6.07) is 0. The fourth-order valence-electron chi connectivity index (χ4n) is 2.01. The van der Waals surface area contributed by atoms with E-state index >= 15 is 0 Å². The molecule has 94 valence electrons. The van der Waals surface area contributed by atoms with E-state index in [-0.39, 0.29) is 17.9 Å². The van der Waals surface area contributed by atoms with E-state index < -0.39 is 0 Å². The second-order valence-electron chi connectivity index (χ2n) is 4.40. The number of hydrazone groups is 1. The maximum Gasteiger partial charge on any atom is 0.270 e. The lowest BCUT2D eigenvalue weighted by atomic mass is 10.1. The van der Waals surface area contributed by atoms with Gasteiger partial charge < -0.3 is 9.64 Å². The topological polar surface area (TPSA) is 62.2 Å². The molecule has 0 N–H and O–H groups in total. The number of carbonyl (C=O) groups is 2. The first-order valence-corrected chi connectivity index (χ1v) is 5.83. The predicted octanol–water partition coefficient (Wildman–Crippen LogP) is -0.158. The van der Waals surface area contributed by atoms with E-state index in [4.69, 9.17) is 4.74 Å². The first-order chi connectivity index (χ1) is 8.08. The van der Waals surface area contributed by atoms with Gasteiger partial charge in [0.25, 0.3) is 5.91 Å². The van der Waals surface area contributed by atoms with Gasteiger partial charge in [-0.1, -0.05) is 0 Å². The smallest absolute Gasteiger partial charge is 0.270 e. The van der Waals surface area contributed by atoms with Gasteiger partial charge in [0.05, 0.1) is 12.7 Å². The van der Waals surface area contributed by atoms with Gasteiger partial charge >= 0.3 is 0 Å². The Kier molecular flexibility index (Phi) is 3.42. The highest BCUT2D eigenvalue weighted by Crippen LogP contribution is 2.11. The molecule has 1 saturated heterocycles. The van der Waals surface area contributed by atoms with Gasteiger partial charge in [0, 0.05) is 33.0 Å². The van der Waals surface area contributed by atoms with Crippen LogP contribution in [0.4, 0.5) is 0 Å². The van der Waals surface area contributed by atoms with Crippen molar-refractivity contribution in [2.24, 2.45) is 5.10 Å². The Labute approximate surface area is 100 Å². The van der Waals surface area contributed by atoms with Crippen LogP contribution in [0.25, 0.3) is 0 Å². The third-order valence-electron chi connectivity index (χ3n) is 2.98. The van der Waals surface area contributed by atoms with Gasteiger partial charge in [0.1, 0.15) is 5.71 Å². The van der Waals surface area contributed by atoms with Gasteiger partial charge in [-0.3, -0.25) is 9.59 Å². The average molecular weight is 239 g/mol. The van der Waals surface area contributed by atoms with Crippen LogP contribution >= 0.6 is 0 Å². The third kappa shape index (κ3) is 2.63. The molecule has 2 aliphatic heterocycles. The second-order valence-corrected chi connectivity index (χ2v) is 4.40. The summed E-state index contributed by atoms with van der Waals surface area (Å²) < 4.78 is 5.39. The van der Waals surface area contributed by atoms with Crippen LogP contribution in [0, 0.1) is 0 Å². The fraction of sp³-hybridized carbons (Fsp3) is 0.727. The molecule has 2 rings (SSSR count). The zero-order valence-electron chi connectivity index (χ0n) is 10.2. The van der Waals surface area contributed by atoms with Crippen molar-refractivity contribution in [3.05, 3.63) is 0 Å². The van der Waals surface area contributed by atoms with Crippen molar-refractivity contribution in [3.8, 4) is 0 Å². The van der Waals surface area contributed by atoms with Crippen molar-refractivity contribution < 1.29 is 14.3 Å². The molecule has 2 aliphatic rings. The Balaban J connectivity index is 2.04. The van der Waals surface area contributed by atoms with Gasteiger partial charge in [-0.05, 0) is 6.92 Å². The molecule has 0 aromatic heterocycles. The molecule has 6 heteroatoms. The summed E-state index contributed by atoms with van der Waals surface area (Å²) in [5.41, 5.74) is 0.473. The van der Waals surface area contributed by atoms with Crippen LogP contribution in [0.5, 0.6) is 0 Å². The number of rotatable bonds is 1. The largest absolute Gasteiger partial charge is 0.375 e. The molecule has 0 aromatic carbocycles.